The van der Waals surface area contributed by atoms with Crippen molar-refractivity contribution in [2.45, 2.75) is 44.6 Å². The van der Waals surface area contributed by atoms with E-state index < -0.39 is 0 Å². The molecule has 2 heteroatoms. The van der Waals surface area contributed by atoms with Crippen LogP contribution in [0.1, 0.15) is 38.5 Å². The number of hydrogen-bond acceptors (Lipinski definition) is 2. The van der Waals surface area contributed by atoms with Crippen molar-refractivity contribution in [2.75, 3.05) is 26.7 Å². The minimum Gasteiger partial charge on any atom is -0.319 e. The molecular weight excluding hydrogens is 172 g/mol. The summed E-state index contributed by atoms with van der Waals surface area (Å²) in [7, 11) is 2.08. The lowest BCUT2D eigenvalue weighted by molar-refractivity contribution is 0.162. The zero-order valence-corrected chi connectivity index (χ0v) is 9.47. The van der Waals surface area contributed by atoms with Crippen LogP contribution in [0.4, 0.5) is 0 Å². The van der Waals surface area contributed by atoms with Crippen molar-refractivity contribution in [1.82, 2.24) is 10.2 Å². The highest BCUT2D eigenvalue weighted by Gasteiger charge is 2.29. The maximum atomic E-state index is 3.31. The van der Waals surface area contributed by atoms with Crippen LogP contribution in [-0.4, -0.2) is 37.6 Å². The smallest absolute Gasteiger partial charge is 0.00984 e. The summed E-state index contributed by atoms with van der Waals surface area (Å²) < 4.78 is 0. The minimum atomic E-state index is 0.925. The molecule has 1 saturated heterocycles. The molecule has 2 aliphatic rings. The summed E-state index contributed by atoms with van der Waals surface area (Å²) >= 11 is 0. The highest BCUT2D eigenvalue weighted by molar-refractivity contribution is 4.84. The van der Waals surface area contributed by atoms with Gasteiger partial charge in [0.1, 0.15) is 0 Å². The van der Waals surface area contributed by atoms with Crippen LogP contribution in [-0.2, 0) is 0 Å². The molecule has 2 fully saturated rings. The van der Waals surface area contributed by atoms with E-state index in [-0.39, 0.29) is 0 Å². The van der Waals surface area contributed by atoms with Gasteiger partial charge in [-0.3, -0.25) is 0 Å². The first kappa shape index (κ1) is 10.4. The van der Waals surface area contributed by atoms with Crippen molar-refractivity contribution in [3.63, 3.8) is 0 Å². The summed E-state index contributed by atoms with van der Waals surface area (Å²) in [6.07, 6.45) is 8.68. The predicted octanol–water partition coefficient (Wildman–Crippen LogP) is 1.86. The van der Waals surface area contributed by atoms with E-state index in [4.69, 9.17) is 0 Å². The molecule has 0 spiro atoms. The summed E-state index contributed by atoms with van der Waals surface area (Å²) in [5, 5.41) is 3.31. The fourth-order valence-corrected chi connectivity index (χ4v) is 3.14. The summed E-state index contributed by atoms with van der Waals surface area (Å²) in [6.45, 7) is 3.97. The number of nitrogens with one attached hydrogen (secondary N) is 1. The van der Waals surface area contributed by atoms with Gasteiger partial charge in [-0.15, -0.1) is 0 Å². The molecule has 82 valence electrons. The normalized spacial score (nSPS) is 34.9. The van der Waals surface area contributed by atoms with Gasteiger partial charge in [0.15, 0.2) is 0 Å². The van der Waals surface area contributed by atoms with Gasteiger partial charge in [0.2, 0.25) is 0 Å². The Bertz CT molecular complexity index is 164. The maximum Gasteiger partial charge on any atom is 0.00984 e. The van der Waals surface area contributed by atoms with Gasteiger partial charge < -0.3 is 10.2 Å². The SMILES string of the molecule is CNCC1CCC(N2CCCCC2)C1. The van der Waals surface area contributed by atoms with Crippen LogP contribution in [0.5, 0.6) is 0 Å². The molecule has 0 aromatic rings. The van der Waals surface area contributed by atoms with Crippen molar-refractivity contribution in [3.8, 4) is 0 Å². The van der Waals surface area contributed by atoms with Crippen molar-refractivity contribution >= 4 is 0 Å². The highest BCUT2D eigenvalue weighted by Crippen LogP contribution is 2.30. The Kier molecular flexibility index (Phi) is 3.82. The molecule has 1 heterocycles. The summed E-state index contributed by atoms with van der Waals surface area (Å²) in [6, 6.07) is 0.925. The number of rotatable bonds is 3. The molecule has 14 heavy (non-hydrogen) atoms. The fourth-order valence-electron chi connectivity index (χ4n) is 3.14. The molecule has 1 N–H and O–H groups in total. The van der Waals surface area contributed by atoms with Gasteiger partial charge in [0.05, 0.1) is 0 Å². The van der Waals surface area contributed by atoms with E-state index in [9.17, 15) is 0 Å². The van der Waals surface area contributed by atoms with Crippen molar-refractivity contribution in [3.05, 3.63) is 0 Å². The molecule has 0 amide bonds. The van der Waals surface area contributed by atoms with Gasteiger partial charge >= 0.3 is 0 Å². The van der Waals surface area contributed by atoms with E-state index in [1.807, 2.05) is 0 Å². The summed E-state index contributed by atoms with van der Waals surface area (Å²) in [5.74, 6) is 0.951. The lowest BCUT2D eigenvalue weighted by Gasteiger charge is -2.32. The summed E-state index contributed by atoms with van der Waals surface area (Å²) in [4.78, 5) is 2.75. The van der Waals surface area contributed by atoms with Gasteiger partial charge in [-0.1, -0.05) is 6.42 Å². The zero-order valence-electron chi connectivity index (χ0n) is 9.47. The van der Waals surface area contributed by atoms with Crippen LogP contribution < -0.4 is 5.32 Å². The number of hydrogen-bond donors (Lipinski definition) is 1. The molecule has 2 unspecified atom stereocenters. The monoisotopic (exact) mass is 196 g/mol. The molecule has 1 saturated carbocycles. The zero-order chi connectivity index (χ0) is 9.80. The average Bonchev–Trinajstić information content (AvgIpc) is 2.68. The van der Waals surface area contributed by atoms with E-state index >= 15 is 0 Å². The third-order valence-electron chi connectivity index (χ3n) is 3.91. The largest absolute Gasteiger partial charge is 0.319 e. The predicted molar refractivity (Wildman–Crippen MR) is 60.5 cm³/mol. The first-order valence-electron chi connectivity index (χ1n) is 6.29. The number of piperidine rings is 1. The first-order valence-corrected chi connectivity index (χ1v) is 6.29. The third-order valence-corrected chi connectivity index (χ3v) is 3.91. The Hall–Kier alpha value is -0.0800. The van der Waals surface area contributed by atoms with Crippen LogP contribution in [0, 0.1) is 5.92 Å². The van der Waals surface area contributed by atoms with Gasteiger partial charge in [-0.25, -0.2) is 0 Å². The maximum absolute atomic E-state index is 3.31. The van der Waals surface area contributed by atoms with E-state index in [0.717, 1.165) is 12.0 Å². The van der Waals surface area contributed by atoms with E-state index in [1.54, 1.807) is 0 Å². The quantitative estimate of drug-likeness (QED) is 0.741. The lowest BCUT2D eigenvalue weighted by atomic mass is 10.1. The Balaban J connectivity index is 1.76. The summed E-state index contributed by atoms with van der Waals surface area (Å²) in [5.41, 5.74) is 0. The standard InChI is InChI=1S/C12H24N2/c1-13-10-11-5-6-12(9-11)14-7-3-2-4-8-14/h11-13H,2-10H2,1H3. The highest BCUT2D eigenvalue weighted by atomic mass is 15.2. The Labute approximate surface area is 88.1 Å². The van der Waals surface area contributed by atoms with Gasteiger partial charge in [0.25, 0.3) is 0 Å². The van der Waals surface area contributed by atoms with Crippen molar-refractivity contribution < 1.29 is 0 Å². The topological polar surface area (TPSA) is 15.3 Å². The Morgan fingerprint density at radius 2 is 1.93 bits per heavy atom. The van der Waals surface area contributed by atoms with Gasteiger partial charge in [-0.2, -0.15) is 0 Å². The lowest BCUT2D eigenvalue weighted by Crippen LogP contribution is -2.38. The van der Waals surface area contributed by atoms with Crippen LogP contribution in [0.2, 0.25) is 0 Å². The van der Waals surface area contributed by atoms with E-state index in [1.165, 1.54) is 58.2 Å². The third kappa shape index (κ3) is 2.48. The average molecular weight is 196 g/mol. The molecule has 0 radical (unpaired) electrons. The van der Waals surface area contributed by atoms with E-state index in [0.29, 0.717) is 0 Å². The molecule has 0 aromatic carbocycles. The van der Waals surface area contributed by atoms with Crippen LogP contribution in [0.15, 0.2) is 0 Å². The molecular formula is C12H24N2. The molecule has 2 atom stereocenters. The Morgan fingerprint density at radius 3 is 2.64 bits per heavy atom. The molecule has 0 bridgehead atoms. The van der Waals surface area contributed by atoms with Crippen LogP contribution >= 0.6 is 0 Å². The second-order valence-electron chi connectivity index (χ2n) is 4.99. The molecule has 2 nitrogen and oxygen atoms in total. The molecule has 0 aromatic heterocycles. The van der Waals surface area contributed by atoms with Gasteiger partial charge in [-0.05, 0) is 64.7 Å². The second kappa shape index (κ2) is 5.13. The number of likely N-dealkylation sites (tertiary alicyclic amines) is 1. The van der Waals surface area contributed by atoms with Crippen molar-refractivity contribution in [1.29, 1.82) is 0 Å². The van der Waals surface area contributed by atoms with Gasteiger partial charge in [0, 0.05) is 6.04 Å². The first-order chi connectivity index (χ1) is 6.90. The Morgan fingerprint density at radius 1 is 1.14 bits per heavy atom. The van der Waals surface area contributed by atoms with Crippen molar-refractivity contribution in [2.24, 2.45) is 5.92 Å². The van der Waals surface area contributed by atoms with E-state index in [2.05, 4.69) is 17.3 Å². The minimum absolute atomic E-state index is 0.925. The molecule has 1 aliphatic carbocycles. The fraction of sp³-hybridized carbons (Fsp3) is 1.00. The number of nitrogens with zero attached hydrogens (tertiary/aromatic N) is 1. The second-order valence-corrected chi connectivity index (χ2v) is 4.99. The van der Waals surface area contributed by atoms with Crippen LogP contribution in [0.3, 0.4) is 0 Å². The van der Waals surface area contributed by atoms with Crippen LogP contribution in [0.25, 0.3) is 0 Å². The molecule has 2 rings (SSSR count). The molecule has 1 aliphatic heterocycles.